The highest BCUT2D eigenvalue weighted by Crippen LogP contribution is 2.21. The van der Waals surface area contributed by atoms with Crippen molar-refractivity contribution < 1.29 is 9.18 Å². The Bertz CT molecular complexity index is 526. The van der Waals surface area contributed by atoms with E-state index in [0.717, 1.165) is 11.6 Å². The van der Waals surface area contributed by atoms with Crippen LogP contribution in [0.1, 0.15) is 10.4 Å². The van der Waals surface area contributed by atoms with E-state index >= 15 is 0 Å². The topological polar surface area (TPSA) is 56.0 Å². The normalized spacial score (nSPS) is 10.1. The standard InChI is InChI=1S/C12H9FN2O/c13-11-6-9(5-10(7-11)12(14)16)8-1-3-15-4-2-8/h1-7H,(H2,14,16). The molecule has 2 N–H and O–H groups in total. The predicted octanol–water partition coefficient (Wildman–Crippen LogP) is 1.99. The van der Waals surface area contributed by atoms with E-state index in [0.29, 0.717) is 5.56 Å². The fraction of sp³-hybridized carbons (Fsp3) is 0. The first-order valence-corrected chi connectivity index (χ1v) is 4.67. The number of amides is 1. The molecule has 0 saturated carbocycles. The third kappa shape index (κ3) is 2.06. The van der Waals surface area contributed by atoms with E-state index in [1.165, 1.54) is 6.07 Å². The van der Waals surface area contributed by atoms with Crippen LogP contribution in [0.25, 0.3) is 11.1 Å². The monoisotopic (exact) mass is 216 g/mol. The number of rotatable bonds is 2. The molecule has 0 aliphatic rings. The van der Waals surface area contributed by atoms with E-state index in [2.05, 4.69) is 4.98 Å². The first-order chi connectivity index (χ1) is 7.66. The minimum atomic E-state index is -0.644. The van der Waals surface area contributed by atoms with Gasteiger partial charge in [0, 0.05) is 18.0 Å². The van der Waals surface area contributed by atoms with Gasteiger partial charge in [-0.15, -0.1) is 0 Å². The van der Waals surface area contributed by atoms with Crippen LogP contribution in [0.5, 0.6) is 0 Å². The number of carbonyl (C=O) groups is 1. The van der Waals surface area contributed by atoms with Crippen molar-refractivity contribution in [3.05, 3.63) is 54.1 Å². The van der Waals surface area contributed by atoms with Crippen molar-refractivity contribution in [3.8, 4) is 11.1 Å². The van der Waals surface area contributed by atoms with E-state index in [1.807, 2.05) is 0 Å². The molecule has 0 fully saturated rings. The van der Waals surface area contributed by atoms with Crippen LogP contribution < -0.4 is 5.73 Å². The van der Waals surface area contributed by atoms with Crippen molar-refractivity contribution in [3.63, 3.8) is 0 Å². The van der Waals surface area contributed by atoms with Gasteiger partial charge < -0.3 is 5.73 Å². The minimum Gasteiger partial charge on any atom is -0.366 e. The van der Waals surface area contributed by atoms with Gasteiger partial charge in [0.1, 0.15) is 5.82 Å². The molecule has 80 valence electrons. The van der Waals surface area contributed by atoms with E-state index in [-0.39, 0.29) is 5.56 Å². The van der Waals surface area contributed by atoms with Crippen LogP contribution in [0.3, 0.4) is 0 Å². The van der Waals surface area contributed by atoms with Crippen LogP contribution in [-0.4, -0.2) is 10.9 Å². The molecule has 1 aromatic carbocycles. The van der Waals surface area contributed by atoms with E-state index in [9.17, 15) is 9.18 Å². The predicted molar refractivity (Wildman–Crippen MR) is 58.1 cm³/mol. The highest BCUT2D eigenvalue weighted by atomic mass is 19.1. The Hall–Kier alpha value is -2.23. The van der Waals surface area contributed by atoms with Gasteiger partial charge in [-0.3, -0.25) is 9.78 Å². The van der Waals surface area contributed by atoms with Crippen molar-refractivity contribution in [1.82, 2.24) is 4.98 Å². The number of hydrogen-bond donors (Lipinski definition) is 1. The summed E-state index contributed by atoms with van der Waals surface area (Å²) in [6.07, 6.45) is 3.20. The number of aromatic nitrogens is 1. The van der Waals surface area contributed by atoms with E-state index in [4.69, 9.17) is 5.73 Å². The summed E-state index contributed by atoms with van der Waals surface area (Å²) in [6.45, 7) is 0. The van der Waals surface area contributed by atoms with E-state index in [1.54, 1.807) is 30.6 Å². The summed E-state index contributed by atoms with van der Waals surface area (Å²) in [5.74, 6) is -1.13. The number of pyridine rings is 1. The first-order valence-electron chi connectivity index (χ1n) is 4.67. The summed E-state index contributed by atoms with van der Waals surface area (Å²) >= 11 is 0. The molecule has 0 saturated heterocycles. The average molecular weight is 216 g/mol. The molecule has 1 heterocycles. The van der Waals surface area contributed by atoms with Gasteiger partial charge >= 0.3 is 0 Å². The van der Waals surface area contributed by atoms with Gasteiger partial charge in [0.15, 0.2) is 0 Å². The molecule has 0 radical (unpaired) electrons. The average Bonchev–Trinajstić information content (AvgIpc) is 2.29. The van der Waals surface area contributed by atoms with E-state index < -0.39 is 11.7 Å². The Morgan fingerprint density at radius 3 is 2.44 bits per heavy atom. The Labute approximate surface area is 91.7 Å². The maximum Gasteiger partial charge on any atom is 0.248 e. The molecule has 1 amide bonds. The molecular weight excluding hydrogens is 207 g/mol. The lowest BCUT2D eigenvalue weighted by Crippen LogP contribution is -2.11. The van der Waals surface area contributed by atoms with Crippen molar-refractivity contribution in [2.45, 2.75) is 0 Å². The first kappa shape index (κ1) is 10.3. The lowest BCUT2D eigenvalue weighted by atomic mass is 10.0. The molecule has 2 aromatic rings. The second-order valence-electron chi connectivity index (χ2n) is 3.33. The summed E-state index contributed by atoms with van der Waals surface area (Å²) in [6, 6.07) is 7.49. The van der Waals surface area contributed by atoms with Gasteiger partial charge in [-0.2, -0.15) is 0 Å². The quantitative estimate of drug-likeness (QED) is 0.834. The van der Waals surface area contributed by atoms with Gasteiger partial charge in [0.2, 0.25) is 5.91 Å². The van der Waals surface area contributed by atoms with Crippen LogP contribution in [0.4, 0.5) is 4.39 Å². The van der Waals surface area contributed by atoms with Crippen molar-refractivity contribution >= 4 is 5.91 Å². The zero-order valence-corrected chi connectivity index (χ0v) is 8.35. The number of halogens is 1. The highest BCUT2D eigenvalue weighted by molar-refractivity contribution is 5.94. The van der Waals surface area contributed by atoms with Crippen LogP contribution >= 0.6 is 0 Å². The van der Waals surface area contributed by atoms with Gasteiger partial charge in [0.05, 0.1) is 0 Å². The molecule has 16 heavy (non-hydrogen) atoms. The Morgan fingerprint density at radius 1 is 1.12 bits per heavy atom. The molecule has 0 atom stereocenters. The van der Waals surface area contributed by atoms with Crippen LogP contribution in [-0.2, 0) is 0 Å². The molecule has 0 aliphatic carbocycles. The third-order valence-electron chi connectivity index (χ3n) is 2.20. The fourth-order valence-corrected chi connectivity index (χ4v) is 1.44. The number of nitrogens with two attached hydrogens (primary N) is 1. The molecule has 4 heteroatoms. The summed E-state index contributed by atoms with van der Waals surface area (Å²) in [7, 11) is 0. The summed E-state index contributed by atoms with van der Waals surface area (Å²) in [5, 5.41) is 0. The van der Waals surface area contributed by atoms with Gasteiger partial charge in [-0.05, 0) is 41.5 Å². The number of hydrogen-bond acceptors (Lipinski definition) is 2. The largest absolute Gasteiger partial charge is 0.366 e. The third-order valence-corrected chi connectivity index (χ3v) is 2.20. The maximum atomic E-state index is 13.3. The lowest BCUT2D eigenvalue weighted by molar-refractivity contribution is 0.1000. The van der Waals surface area contributed by atoms with Gasteiger partial charge in [-0.1, -0.05) is 0 Å². The number of primary amides is 1. The van der Waals surface area contributed by atoms with Crippen molar-refractivity contribution in [1.29, 1.82) is 0 Å². The zero-order chi connectivity index (χ0) is 11.5. The lowest BCUT2D eigenvalue weighted by Gasteiger charge is -2.03. The van der Waals surface area contributed by atoms with Crippen LogP contribution in [0.15, 0.2) is 42.7 Å². The molecule has 0 spiro atoms. The second-order valence-corrected chi connectivity index (χ2v) is 3.33. The number of carbonyl (C=O) groups excluding carboxylic acids is 1. The molecular formula is C12H9FN2O. The summed E-state index contributed by atoms with van der Waals surface area (Å²) in [4.78, 5) is 14.8. The summed E-state index contributed by atoms with van der Waals surface area (Å²) < 4.78 is 13.3. The van der Waals surface area contributed by atoms with Crippen LogP contribution in [0, 0.1) is 5.82 Å². The smallest absolute Gasteiger partial charge is 0.248 e. The minimum absolute atomic E-state index is 0.159. The van der Waals surface area contributed by atoms with Gasteiger partial charge in [-0.25, -0.2) is 4.39 Å². The van der Waals surface area contributed by atoms with Gasteiger partial charge in [0.25, 0.3) is 0 Å². The summed E-state index contributed by atoms with van der Waals surface area (Å²) in [5.41, 5.74) is 6.67. The number of benzene rings is 1. The molecule has 0 aliphatic heterocycles. The molecule has 0 unspecified atom stereocenters. The maximum absolute atomic E-state index is 13.3. The highest BCUT2D eigenvalue weighted by Gasteiger charge is 2.06. The second kappa shape index (κ2) is 4.10. The number of nitrogens with zero attached hydrogens (tertiary/aromatic N) is 1. The van der Waals surface area contributed by atoms with Crippen molar-refractivity contribution in [2.75, 3.05) is 0 Å². The molecule has 1 aromatic heterocycles. The Kier molecular flexibility index (Phi) is 2.64. The molecule has 3 nitrogen and oxygen atoms in total. The Balaban J connectivity index is 2.54. The Morgan fingerprint density at radius 2 is 1.81 bits per heavy atom. The van der Waals surface area contributed by atoms with Crippen LogP contribution in [0.2, 0.25) is 0 Å². The fourth-order valence-electron chi connectivity index (χ4n) is 1.44. The molecule has 0 bridgehead atoms. The zero-order valence-electron chi connectivity index (χ0n) is 8.35. The SMILES string of the molecule is NC(=O)c1cc(F)cc(-c2ccncc2)c1. The van der Waals surface area contributed by atoms with Crippen molar-refractivity contribution in [2.24, 2.45) is 5.73 Å². The molecule has 2 rings (SSSR count).